The van der Waals surface area contributed by atoms with E-state index < -0.39 is 0 Å². The molecule has 6 heteroatoms. The lowest BCUT2D eigenvalue weighted by Crippen LogP contribution is -2.35. The molecule has 0 radical (unpaired) electrons. The van der Waals surface area contributed by atoms with Gasteiger partial charge in [0.25, 0.3) is 0 Å². The van der Waals surface area contributed by atoms with Gasteiger partial charge in [-0.1, -0.05) is 17.7 Å². The highest BCUT2D eigenvalue weighted by Gasteiger charge is 2.01. The second-order valence-electron chi connectivity index (χ2n) is 3.69. The second-order valence-corrected chi connectivity index (χ2v) is 4.96. The lowest BCUT2D eigenvalue weighted by atomic mass is 10.2. The van der Waals surface area contributed by atoms with Crippen LogP contribution in [0, 0.1) is 0 Å². The summed E-state index contributed by atoms with van der Waals surface area (Å²) in [6.45, 7) is 1.96. The highest BCUT2D eigenvalue weighted by atomic mass is 79.9. The normalized spacial score (nSPS) is 10.4. The Morgan fingerprint density at radius 2 is 2.28 bits per heavy atom. The molecule has 4 nitrogen and oxygen atoms in total. The Morgan fingerprint density at radius 1 is 1.50 bits per heavy atom. The quantitative estimate of drug-likeness (QED) is 0.749. The van der Waals surface area contributed by atoms with Gasteiger partial charge in [-0.2, -0.15) is 0 Å². The van der Waals surface area contributed by atoms with Gasteiger partial charge in [0.2, 0.25) is 5.91 Å². The Balaban J connectivity index is 2.24. The van der Waals surface area contributed by atoms with E-state index in [-0.39, 0.29) is 12.5 Å². The fraction of sp³-hybridized carbons (Fsp3) is 0.417. The summed E-state index contributed by atoms with van der Waals surface area (Å²) in [5.74, 6) is -0.0416. The van der Waals surface area contributed by atoms with Gasteiger partial charge in [0, 0.05) is 24.7 Å². The van der Waals surface area contributed by atoms with Crippen molar-refractivity contribution < 1.29 is 9.53 Å². The van der Waals surface area contributed by atoms with E-state index in [2.05, 4.69) is 26.6 Å². The third kappa shape index (κ3) is 5.82. The van der Waals surface area contributed by atoms with Crippen LogP contribution >= 0.6 is 27.5 Å². The van der Waals surface area contributed by atoms with E-state index in [1.807, 2.05) is 18.2 Å². The number of methoxy groups -OCH3 is 1. The number of carbonyl (C=O) groups excluding carboxylic acids is 1. The lowest BCUT2D eigenvalue weighted by molar-refractivity contribution is -0.120. The molecule has 0 aromatic heterocycles. The van der Waals surface area contributed by atoms with Gasteiger partial charge in [-0.25, -0.2) is 0 Å². The van der Waals surface area contributed by atoms with Crippen LogP contribution in [0.1, 0.15) is 5.56 Å². The number of hydrogen-bond donors (Lipinski definition) is 2. The van der Waals surface area contributed by atoms with Crippen LogP contribution in [0.3, 0.4) is 0 Å². The fourth-order valence-corrected chi connectivity index (χ4v) is 1.87. The van der Waals surface area contributed by atoms with Gasteiger partial charge >= 0.3 is 0 Å². The first-order chi connectivity index (χ1) is 8.63. The van der Waals surface area contributed by atoms with Crippen LogP contribution in [0.2, 0.25) is 5.02 Å². The lowest BCUT2D eigenvalue weighted by Gasteiger charge is -2.07. The minimum atomic E-state index is -0.0416. The molecule has 0 unspecified atom stereocenters. The first-order valence-electron chi connectivity index (χ1n) is 5.53. The third-order valence-electron chi connectivity index (χ3n) is 2.23. The summed E-state index contributed by atoms with van der Waals surface area (Å²) in [6.07, 6.45) is 0. The zero-order valence-corrected chi connectivity index (χ0v) is 12.5. The molecule has 0 atom stereocenters. The number of nitrogens with one attached hydrogen (secondary N) is 2. The van der Waals surface area contributed by atoms with E-state index in [0.717, 1.165) is 10.0 Å². The summed E-state index contributed by atoms with van der Waals surface area (Å²) < 4.78 is 5.69. The minimum absolute atomic E-state index is 0.0416. The molecular weight excluding hydrogens is 320 g/mol. The predicted molar refractivity (Wildman–Crippen MR) is 75.7 cm³/mol. The Labute approximate surface area is 120 Å². The molecular formula is C12H16BrClN2O2. The number of amides is 1. The summed E-state index contributed by atoms with van der Waals surface area (Å²) in [5, 5.41) is 6.47. The summed E-state index contributed by atoms with van der Waals surface area (Å²) >= 11 is 9.25. The van der Waals surface area contributed by atoms with Crippen LogP contribution in [0.4, 0.5) is 0 Å². The molecule has 100 valence electrons. The van der Waals surface area contributed by atoms with Crippen molar-refractivity contribution in [2.24, 2.45) is 0 Å². The summed E-state index contributed by atoms with van der Waals surface area (Å²) in [4.78, 5) is 11.4. The Hall–Kier alpha value is -0.620. The van der Waals surface area contributed by atoms with Crippen LogP contribution in [-0.4, -0.2) is 32.7 Å². The van der Waals surface area contributed by atoms with Crippen molar-refractivity contribution in [2.45, 2.75) is 6.54 Å². The SMILES string of the molecule is COCCNC(=O)CNCc1ccc(Cl)c(Br)c1. The third-order valence-corrected chi connectivity index (χ3v) is 3.44. The van der Waals surface area contributed by atoms with Gasteiger partial charge in [0.15, 0.2) is 0 Å². The molecule has 0 aliphatic heterocycles. The van der Waals surface area contributed by atoms with Crippen LogP contribution in [0.25, 0.3) is 0 Å². The molecule has 1 aromatic carbocycles. The van der Waals surface area contributed by atoms with Crippen molar-refractivity contribution >= 4 is 33.4 Å². The van der Waals surface area contributed by atoms with Gasteiger partial charge < -0.3 is 15.4 Å². The Bertz CT molecular complexity index is 402. The van der Waals surface area contributed by atoms with Gasteiger partial charge in [-0.15, -0.1) is 0 Å². The van der Waals surface area contributed by atoms with E-state index in [9.17, 15) is 4.79 Å². The second kappa shape index (κ2) is 8.48. The molecule has 1 amide bonds. The van der Waals surface area contributed by atoms with Crippen molar-refractivity contribution in [1.82, 2.24) is 10.6 Å². The van der Waals surface area contributed by atoms with Gasteiger partial charge in [0.05, 0.1) is 18.2 Å². The molecule has 0 aliphatic carbocycles. The number of benzene rings is 1. The maximum absolute atomic E-state index is 11.4. The van der Waals surface area contributed by atoms with Crippen molar-refractivity contribution in [3.63, 3.8) is 0 Å². The highest BCUT2D eigenvalue weighted by molar-refractivity contribution is 9.10. The van der Waals surface area contributed by atoms with Gasteiger partial charge in [-0.05, 0) is 33.6 Å². The fourth-order valence-electron chi connectivity index (χ4n) is 1.32. The number of rotatable bonds is 7. The maximum atomic E-state index is 11.4. The molecule has 0 bridgehead atoms. The van der Waals surface area contributed by atoms with Crippen molar-refractivity contribution in [1.29, 1.82) is 0 Å². The number of hydrogen-bond acceptors (Lipinski definition) is 3. The molecule has 2 N–H and O–H groups in total. The molecule has 0 fully saturated rings. The van der Waals surface area contributed by atoms with Crippen LogP contribution < -0.4 is 10.6 Å². The van der Waals surface area contributed by atoms with Gasteiger partial charge in [0.1, 0.15) is 0 Å². The number of halogens is 2. The summed E-state index contributed by atoms with van der Waals surface area (Å²) in [7, 11) is 1.60. The number of ether oxygens (including phenoxy) is 1. The average Bonchev–Trinajstić information content (AvgIpc) is 2.34. The average molecular weight is 336 g/mol. The van der Waals surface area contributed by atoms with Crippen molar-refractivity contribution in [3.05, 3.63) is 33.3 Å². The standard InChI is InChI=1S/C12H16BrClN2O2/c1-18-5-4-16-12(17)8-15-7-9-2-3-11(14)10(13)6-9/h2-3,6,15H,4-5,7-8H2,1H3,(H,16,17). The minimum Gasteiger partial charge on any atom is -0.383 e. The zero-order chi connectivity index (χ0) is 13.4. The Morgan fingerprint density at radius 3 is 2.94 bits per heavy atom. The van der Waals surface area contributed by atoms with E-state index in [1.54, 1.807) is 7.11 Å². The number of carbonyl (C=O) groups is 1. The van der Waals surface area contributed by atoms with E-state index in [0.29, 0.717) is 24.7 Å². The molecule has 1 rings (SSSR count). The largest absolute Gasteiger partial charge is 0.383 e. The van der Waals surface area contributed by atoms with Crippen molar-refractivity contribution in [2.75, 3.05) is 26.8 Å². The molecule has 0 spiro atoms. The first kappa shape index (κ1) is 15.4. The first-order valence-corrected chi connectivity index (χ1v) is 6.71. The molecule has 18 heavy (non-hydrogen) atoms. The monoisotopic (exact) mass is 334 g/mol. The predicted octanol–water partition coefficient (Wildman–Crippen LogP) is 1.95. The van der Waals surface area contributed by atoms with Crippen LogP contribution in [0.15, 0.2) is 22.7 Å². The van der Waals surface area contributed by atoms with Crippen LogP contribution in [0.5, 0.6) is 0 Å². The van der Waals surface area contributed by atoms with E-state index >= 15 is 0 Å². The summed E-state index contributed by atoms with van der Waals surface area (Å²) in [6, 6.07) is 5.67. The van der Waals surface area contributed by atoms with Gasteiger partial charge in [-0.3, -0.25) is 4.79 Å². The molecule has 0 saturated carbocycles. The van der Waals surface area contributed by atoms with Crippen molar-refractivity contribution in [3.8, 4) is 0 Å². The summed E-state index contributed by atoms with van der Waals surface area (Å²) in [5.41, 5.74) is 1.07. The van der Waals surface area contributed by atoms with Crippen LogP contribution in [-0.2, 0) is 16.1 Å². The topological polar surface area (TPSA) is 50.4 Å². The zero-order valence-electron chi connectivity index (χ0n) is 10.1. The van der Waals surface area contributed by atoms with E-state index in [1.165, 1.54) is 0 Å². The van der Waals surface area contributed by atoms with E-state index in [4.69, 9.17) is 16.3 Å². The molecule has 1 aromatic rings. The smallest absolute Gasteiger partial charge is 0.234 e. The maximum Gasteiger partial charge on any atom is 0.234 e. The Kier molecular flexibility index (Phi) is 7.27. The molecule has 0 heterocycles. The molecule has 0 saturated heterocycles. The molecule has 0 aliphatic rings. The highest BCUT2D eigenvalue weighted by Crippen LogP contribution is 2.22.